The lowest BCUT2D eigenvalue weighted by Crippen LogP contribution is -2.47. The van der Waals surface area contributed by atoms with Crippen LogP contribution in [0, 0.1) is 5.41 Å². The summed E-state index contributed by atoms with van der Waals surface area (Å²) in [6.07, 6.45) is 1.69. The SMILES string of the molecule is COc1ncccc1B1OCC(C)(C)CO1. The first kappa shape index (κ1) is 11.4. The summed E-state index contributed by atoms with van der Waals surface area (Å²) in [4.78, 5) is 4.13. The zero-order valence-corrected chi connectivity index (χ0v) is 9.90. The van der Waals surface area contributed by atoms with Crippen LogP contribution >= 0.6 is 0 Å². The second-order valence-corrected chi connectivity index (χ2v) is 4.72. The average molecular weight is 221 g/mol. The first-order valence-corrected chi connectivity index (χ1v) is 5.34. The Hall–Kier alpha value is -1.07. The largest absolute Gasteiger partial charge is 0.499 e. The van der Waals surface area contributed by atoms with Crippen LogP contribution in [0.5, 0.6) is 5.88 Å². The quantitative estimate of drug-likeness (QED) is 0.694. The van der Waals surface area contributed by atoms with Crippen molar-refractivity contribution in [2.45, 2.75) is 13.8 Å². The molecule has 0 aliphatic carbocycles. The maximum absolute atomic E-state index is 5.68. The Kier molecular flexibility index (Phi) is 3.16. The minimum absolute atomic E-state index is 0.0753. The van der Waals surface area contributed by atoms with Crippen molar-refractivity contribution < 1.29 is 14.0 Å². The minimum atomic E-state index is -0.364. The molecule has 0 spiro atoms. The number of hydrogen-bond acceptors (Lipinski definition) is 4. The Balaban J connectivity index is 2.14. The van der Waals surface area contributed by atoms with Gasteiger partial charge in [-0.2, -0.15) is 0 Å². The highest BCUT2D eigenvalue weighted by Gasteiger charge is 2.35. The Morgan fingerprint density at radius 1 is 1.38 bits per heavy atom. The fraction of sp³-hybridized carbons (Fsp3) is 0.545. The Bertz CT molecular complexity index is 360. The van der Waals surface area contributed by atoms with Crippen molar-refractivity contribution in [2.75, 3.05) is 20.3 Å². The number of pyridine rings is 1. The summed E-state index contributed by atoms with van der Waals surface area (Å²) in [6, 6.07) is 3.76. The van der Waals surface area contributed by atoms with Crippen LogP contribution in [0.3, 0.4) is 0 Å². The third-order valence-electron chi connectivity index (χ3n) is 2.50. The highest BCUT2D eigenvalue weighted by atomic mass is 16.6. The van der Waals surface area contributed by atoms with E-state index in [1.54, 1.807) is 13.3 Å². The molecule has 0 radical (unpaired) electrons. The predicted molar refractivity (Wildman–Crippen MR) is 61.9 cm³/mol. The molecule has 0 aromatic carbocycles. The molecule has 2 rings (SSSR count). The molecule has 1 fully saturated rings. The van der Waals surface area contributed by atoms with Crippen LogP contribution in [0.2, 0.25) is 0 Å². The van der Waals surface area contributed by atoms with Crippen LogP contribution in [0.25, 0.3) is 0 Å². The molecule has 4 nitrogen and oxygen atoms in total. The van der Waals surface area contributed by atoms with E-state index in [4.69, 9.17) is 14.0 Å². The van der Waals surface area contributed by atoms with Gasteiger partial charge < -0.3 is 14.0 Å². The molecule has 0 unspecified atom stereocenters. The lowest BCUT2D eigenvalue weighted by Gasteiger charge is -2.33. The highest BCUT2D eigenvalue weighted by Crippen LogP contribution is 2.22. The summed E-state index contributed by atoms with van der Waals surface area (Å²) in [5.41, 5.74) is 0.923. The molecule has 1 aromatic heterocycles. The first-order chi connectivity index (χ1) is 7.62. The molecule has 0 bridgehead atoms. The molecule has 86 valence electrons. The summed E-state index contributed by atoms with van der Waals surface area (Å²) in [5.74, 6) is 0.562. The van der Waals surface area contributed by atoms with Crippen molar-refractivity contribution in [3.8, 4) is 5.88 Å². The first-order valence-electron chi connectivity index (χ1n) is 5.34. The molecule has 1 aliphatic rings. The van der Waals surface area contributed by atoms with Gasteiger partial charge in [0.25, 0.3) is 0 Å². The summed E-state index contributed by atoms with van der Waals surface area (Å²) in [5, 5.41) is 0. The van der Waals surface area contributed by atoms with E-state index in [-0.39, 0.29) is 12.5 Å². The van der Waals surface area contributed by atoms with Gasteiger partial charge >= 0.3 is 7.12 Å². The van der Waals surface area contributed by atoms with Crippen molar-refractivity contribution >= 4 is 12.6 Å². The molecule has 1 saturated heterocycles. The van der Waals surface area contributed by atoms with Crippen LogP contribution in [0.15, 0.2) is 18.3 Å². The van der Waals surface area contributed by atoms with Gasteiger partial charge in [0.15, 0.2) is 0 Å². The lowest BCUT2D eigenvalue weighted by atomic mass is 9.76. The molecule has 16 heavy (non-hydrogen) atoms. The van der Waals surface area contributed by atoms with Gasteiger partial charge in [0.05, 0.1) is 7.11 Å². The van der Waals surface area contributed by atoms with Crippen molar-refractivity contribution in [2.24, 2.45) is 5.41 Å². The topological polar surface area (TPSA) is 40.6 Å². The van der Waals surface area contributed by atoms with E-state index in [0.717, 1.165) is 5.46 Å². The van der Waals surface area contributed by atoms with Crippen LogP contribution in [-0.4, -0.2) is 32.4 Å². The van der Waals surface area contributed by atoms with Crippen molar-refractivity contribution in [3.63, 3.8) is 0 Å². The maximum Gasteiger partial charge on any atom is 0.499 e. The number of aromatic nitrogens is 1. The molecule has 0 atom stereocenters. The van der Waals surface area contributed by atoms with Crippen molar-refractivity contribution in [1.29, 1.82) is 0 Å². The number of nitrogens with zero attached hydrogens (tertiary/aromatic N) is 1. The van der Waals surface area contributed by atoms with E-state index < -0.39 is 0 Å². The zero-order chi connectivity index (χ0) is 11.6. The molecule has 0 N–H and O–H groups in total. The molecular formula is C11H16BNO3. The van der Waals surface area contributed by atoms with Gasteiger partial charge in [-0.25, -0.2) is 4.98 Å². The molecule has 0 amide bonds. The molecule has 5 heteroatoms. The summed E-state index contributed by atoms with van der Waals surface area (Å²) in [7, 11) is 1.23. The monoisotopic (exact) mass is 221 g/mol. The molecule has 1 aliphatic heterocycles. The summed E-state index contributed by atoms with van der Waals surface area (Å²) >= 11 is 0. The third-order valence-corrected chi connectivity index (χ3v) is 2.50. The molecular weight excluding hydrogens is 205 g/mol. The zero-order valence-electron chi connectivity index (χ0n) is 9.90. The van der Waals surface area contributed by atoms with E-state index in [1.807, 2.05) is 12.1 Å². The minimum Gasteiger partial charge on any atom is -0.481 e. The predicted octanol–water partition coefficient (Wildman–Crippen LogP) is 0.858. The molecule has 2 heterocycles. The molecule has 0 saturated carbocycles. The van der Waals surface area contributed by atoms with Gasteiger partial charge in [-0.3, -0.25) is 0 Å². The Morgan fingerprint density at radius 2 is 2.06 bits per heavy atom. The van der Waals surface area contributed by atoms with E-state index in [1.165, 1.54) is 0 Å². The van der Waals surface area contributed by atoms with E-state index >= 15 is 0 Å². The normalized spacial score (nSPS) is 19.6. The van der Waals surface area contributed by atoms with Gasteiger partial charge in [0, 0.05) is 30.3 Å². The van der Waals surface area contributed by atoms with Crippen LogP contribution in [0.1, 0.15) is 13.8 Å². The Morgan fingerprint density at radius 3 is 2.69 bits per heavy atom. The fourth-order valence-corrected chi connectivity index (χ4v) is 1.63. The second kappa shape index (κ2) is 4.43. The fourth-order valence-electron chi connectivity index (χ4n) is 1.63. The average Bonchev–Trinajstić information content (AvgIpc) is 2.29. The number of ether oxygens (including phenoxy) is 1. The Labute approximate surface area is 96.1 Å². The molecule has 1 aromatic rings. The van der Waals surface area contributed by atoms with Gasteiger partial charge in [0.2, 0.25) is 5.88 Å². The van der Waals surface area contributed by atoms with Gasteiger partial charge in [-0.15, -0.1) is 0 Å². The standard InChI is InChI=1S/C11H16BNO3/c1-11(2)7-15-12(16-8-11)9-5-4-6-13-10(9)14-3/h4-6H,7-8H2,1-3H3. The second-order valence-electron chi connectivity index (χ2n) is 4.72. The van der Waals surface area contributed by atoms with Crippen LogP contribution in [0.4, 0.5) is 0 Å². The van der Waals surface area contributed by atoms with Gasteiger partial charge in [0.1, 0.15) is 0 Å². The number of rotatable bonds is 2. The van der Waals surface area contributed by atoms with E-state index in [9.17, 15) is 0 Å². The number of hydrogen-bond donors (Lipinski definition) is 0. The van der Waals surface area contributed by atoms with Crippen LogP contribution in [-0.2, 0) is 9.31 Å². The van der Waals surface area contributed by atoms with Crippen molar-refractivity contribution in [1.82, 2.24) is 4.98 Å². The summed E-state index contributed by atoms with van der Waals surface area (Å²) < 4.78 is 16.5. The van der Waals surface area contributed by atoms with Crippen molar-refractivity contribution in [3.05, 3.63) is 18.3 Å². The lowest BCUT2D eigenvalue weighted by molar-refractivity contribution is 0.0341. The van der Waals surface area contributed by atoms with Crippen LogP contribution < -0.4 is 10.2 Å². The van der Waals surface area contributed by atoms with E-state index in [0.29, 0.717) is 19.1 Å². The van der Waals surface area contributed by atoms with E-state index in [2.05, 4.69) is 18.8 Å². The highest BCUT2D eigenvalue weighted by molar-refractivity contribution is 6.62. The maximum atomic E-state index is 5.68. The number of methoxy groups -OCH3 is 1. The summed E-state index contributed by atoms with van der Waals surface area (Å²) in [6.45, 7) is 5.58. The van der Waals surface area contributed by atoms with Gasteiger partial charge in [-0.05, 0) is 6.07 Å². The smallest absolute Gasteiger partial charge is 0.481 e. The van der Waals surface area contributed by atoms with Gasteiger partial charge in [-0.1, -0.05) is 19.9 Å². The third kappa shape index (κ3) is 2.36.